The molecule has 0 saturated heterocycles. The molecule has 5 aliphatic rings. The van der Waals surface area contributed by atoms with Crippen LogP contribution in [0.4, 0.5) is 56.1 Å². The van der Waals surface area contributed by atoms with Gasteiger partial charge in [0.2, 0.25) is 59.3 Å². The molecule has 5 saturated carbocycles. The largest absolute Gasteiger partial charge is 0.466 e. The minimum absolute atomic E-state index is 0.00104. The molecular weight excluding hydrogens is 1890 g/mol. The first-order valence-electron chi connectivity index (χ1n) is 48.8. The van der Waals surface area contributed by atoms with Crippen LogP contribution in [0.25, 0.3) is 72.2 Å². The maximum atomic E-state index is 15.5. The zero-order valence-electron chi connectivity index (χ0n) is 83.5. The van der Waals surface area contributed by atoms with Crippen LogP contribution in [0.5, 0.6) is 0 Å². The number of amides is 5. The van der Waals surface area contributed by atoms with Gasteiger partial charge < -0.3 is 33.6 Å². The molecule has 145 heavy (non-hydrogen) atoms. The summed E-state index contributed by atoms with van der Waals surface area (Å²) in [6, 6.07) is 46.8. The van der Waals surface area contributed by atoms with Crippen molar-refractivity contribution in [2.24, 2.45) is 33.5 Å². The summed E-state index contributed by atoms with van der Waals surface area (Å²) in [5, 5.41) is 36.0. The van der Waals surface area contributed by atoms with Gasteiger partial charge in [-0.15, -0.1) is 0 Å². The first kappa shape index (κ1) is 105. The van der Waals surface area contributed by atoms with Crippen molar-refractivity contribution < 1.29 is 89.1 Å². The SMILES string of the molecule is CC(C)(O)c1ccc2nc(NC(=O)C3CC34CC4)n(-c3ccc(F)cc3)c2c1.CCOC(=O)Cc1ccc2nc(NC(=O)CC(C)(C)C)n(-c3ccc(F)cc3)c2c1F.CCOC(=O)Cc1ccc2nc(NC(=O)CC(C)(C)C)n(C3CCC3)c2c1F.CCOC(=O)Cc1ccc2nc(NC(=O)[C@H]3CC3(C)C)n(C3CCC3)c2c1F.C[C@@](O)(CC(=O)Nc1nc2ccc(Cl)cc2n1-c1ccc(F)cc1)c1ccccc1. The second-order valence-corrected chi connectivity index (χ2v) is 41.8. The van der Waals surface area contributed by atoms with Gasteiger partial charge in [-0.3, -0.25) is 78.6 Å². The Morgan fingerprint density at radius 1 is 0.407 bits per heavy atom. The molecule has 5 amide bonds. The van der Waals surface area contributed by atoms with Crippen LogP contribution < -0.4 is 26.6 Å². The van der Waals surface area contributed by atoms with E-state index in [1.165, 1.54) is 59.2 Å². The Kier molecular flexibility index (Phi) is 31.2. The quantitative estimate of drug-likeness (QED) is 0.0143. The van der Waals surface area contributed by atoms with E-state index in [1.807, 2.05) is 74.9 Å². The summed E-state index contributed by atoms with van der Waals surface area (Å²) in [5.41, 5.74) is 6.08. The fourth-order valence-electron chi connectivity index (χ4n) is 18.0. The maximum absolute atomic E-state index is 15.5. The Balaban J connectivity index is 0.000000136. The van der Waals surface area contributed by atoms with Crippen molar-refractivity contribution in [3.8, 4) is 17.1 Å². The Hall–Kier alpha value is -14.1. The van der Waals surface area contributed by atoms with Crippen LogP contribution in [0.3, 0.4) is 0 Å². The van der Waals surface area contributed by atoms with Crippen LogP contribution in [-0.4, -0.2) is 125 Å². The molecular formula is C110H120ClF6N15O13. The molecule has 0 radical (unpaired) electrons. The number of aliphatic hydroxyl groups is 2. The lowest BCUT2D eigenvalue weighted by molar-refractivity contribution is -0.143. The first-order chi connectivity index (χ1) is 68.7. The van der Waals surface area contributed by atoms with Gasteiger partial charge in [0, 0.05) is 75.5 Å². The molecule has 1 spiro atoms. The summed E-state index contributed by atoms with van der Waals surface area (Å²) in [6.07, 6.45) is 9.79. The molecule has 19 rings (SSSR count). The van der Waals surface area contributed by atoms with E-state index >= 15 is 13.2 Å². The fraction of sp³-hybridized carbons (Fsp3) is 0.391. The predicted molar refractivity (Wildman–Crippen MR) is 543 cm³/mol. The molecule has 5 aromatic heterocycles. The van der Waals surface area contributed by atoms with Crippen LogP contribution in [0.2, 0.25) is 5.02 Å². The van der Waals surface area contributed by atoms with Gasteiger partial charge in [-0.1, -0.05) is 122 Å². The number of nitrogens with one attached hydrogen (secondary N) is 5. The molecule has 5 fully saturated rings. The third kappa shape index (κ3) is 24.9. The molecule has 762 valence electrons. The van der Waals surface area contributed by atoms with E-state index in [0.29, 0.717) is 96.0 Å². The maximum Gasteiger partial charge on any atom is 0.310 e. The number of benzene rings is 9. The van der Waals surface area contributed by atoms with E-state index in [0.717, 1.165) is 75.3 Å². The fourth-order valence-corrected chi connectivity index (χ4v) is 18.1. The summed E-state index contributed by atoms with van der Waals surface area (Å²) >= 11 is 6.15. The second-order valence-electron chi connectivity index (χ2n) is 41.4. The lowest BCUT2D eigenvalue weighted by Crippen LogP contribution is -2.29. The average molecular weight is 2010 g/mol. The van der Waals surface area contributed by atoms with Crippen molar-refractivity contribution >= 4 is 144 Å². The lowest BCUT2D eigenvalue weighted by Gasteiger charge is -2.29. The van der Waals surface area contributed by atoms with Crippen LogP contribution in [0.15, 0.2) is 176 Å². The highest BCUT2D eigenvalue weighted by Crippen LogP contribution is 2.71. The van der Waals surface area contributed by atoms with E-state index < -0.39 is 58.3 Å². The van der Waals surface area contributed by atoms with Crippen LogP contribution in [0, 0.1) is 68.4 Å². The third-order valence-corrected chi connectivity index (χ3v) is 26.6. The number of carbonyl (C=O) groups excluding carboxylic acids is 8. The van der Waals surface area contributed by atoms with Gasteiger partial charge in [-0.05, 0) is 260 Å². The zero-order valence-corrected chi connectivity index (χ0v) is 84.2. The van der Waals surface area contributed by atoms with Crippen LogP contribution in [-0.2, 0) is 83.0 Å². The molecule has 28 nitrogen and oxygen atoms in total. The van der Waals surface area contributed by atoms with E-state index in [4.69, 9.17) is 25.8 Å². The van der Waals surface area contributed by atoms with Gasteiger partial charge in [0.05, 0.1) is 95.3 Å². The van der Waals surface area contributed by atoms with Crippen molar-refractivity contribution in [3.05, 3.63) is 244 Å². The van der Waals surface area contributed by atoms with E-state index in [1.54, 1.807) is 148 Å². The topological polar surface area (TPSA) is 354 Å². The molecule has 5 aliphatic carbocycles. The summed E-state index contributed by atoms with van der Waals surface area (Å²) < 4.78 is 110. The number of hydrogen-bond donors (Lipinski definition) is 7. The first-order valence-corrected chi connectivity index (χ1v) is 49.1. The van der Waals surface area contributed by atoms with E-state index in [9.17, 15) is 61.7 Å². The standard InChI is InChI=1S/C23H19ClFN3O2.C23H25F2N3O3.C22H22FN3O2.C21H26FN3O3.C21H28FN3O3/c1-23(30,15-5-3-2-4-6-15)14-21(29)27-22-26-19-12-7-16(24)13-20(19)28(22)18-10-8-17(25)9-11-18;1-5-31-19(30)12-14-6-11-17-21(20(14)25)28(16-9-7-15(24)8-10-16)22(26-17)27-18(29)13-23(2,3)4;1-21(2,28)13-3-8-17-18(11-13)26(15-6-4-14(23)5-7-15)20(24-17)25-19(27)16-12-22(16)9-10-22;1-4-28-16(26)10-12-8-9-15-18(17(12)22)25(13-6-5-7-13)20(23-15)24-19(27)14-11-21(14,2)3;1-5-28-17(27)11-13-9-10-15-19(18(13)22)25(14-7-6-8-14)20(23-15)24-16(26)12-21(2,3)4/h2-13,30H,14H2,1H3,(H,26,27,29);6-11H,5,12-13H2,1-4H3,(H,26,27,29);3-8,11,16,28H,9-10,12H2,1-2H3,(H,24,25,27);8-9,13-14H,4-7,10-11H2,1-3H3,(H,23,24,27);9-10,14H,5-8,11-12H2,1-4H3,(H,23,24,26)/t23-;;;14-;/m1..1./s1. The third-order valence-electron chi connectivity index (χ3n) is 26.3. The molecule has 0 aliphatic heterocycles. The van der Waals surface area contributed by atoms with Crippen molar-refractivity contribution in [2.45, 2.75) is 223 Å². The average Bonchev–Trinajstić information content (AvgIpc) is 1.53. The highest BCUT2D eigenvalue weighted by Gasteiger charge is 2.66. The number of fused-ring (bicyclic) bond motifs is 5. The van der Waals surface area contributed by atoms with Gasteiger partial charge in [0.15, 0.2) is 17.5 Å². The van der Waals surface area contributed by atoms with Gasteiger partial charge in [0.1, 0.15) is 34.0 Å². The number of anilines is 5. The second kappa shape index (κ2) is 43.0. The normalized spacial score (nSPS) is 15.9. The minimum Gasteiger partial charge on any atom is -0.466 e. The van der Waals surface area contributed by atoms with Crippen molar-refractivity contribution in [2.75, 3.05) is 46.4 Å². The molecule has 9 aromatic carbocycles. The predicted octanol–water partition coefficient (Wildman–Crippen LogP) is 22.3. The van der Waals surface area contributed by atoms with Crippen molar-refractivity contribution in [1.82, 2.24) is 47.8 Å². The van der Waals surface area contributed by atoms with E-state index in [2.05, 4.69) is 65.4 Å². The summed E-state index contributed by atoms with van der Waals surface area (Å²) in [5.74, 6) is -3.50. The summed E-state index contributed by atoms with van der Waals surface area (Å²) in [4.78, 5) is 121. The van der Waals surface area contributed by atoms with Crippen LogP contribution in [0.1, 0.15) is 220 Å². The van der Waals surface area contributed by atoms with Crippen molar-refractivity contribution in [1.29, 1.82) is 0 Å². The highest BCUT2D eigenvalue weighted by molar-refractivity contribution is 6.31. The monoisotopic (exact) mass is 2010 g/mol. The Labute approximate surface area is 839 Å². The van der Waals surface area contributed by atoms with Crippen molar-refractivity contribution in [3.63, 3.8) is 0 Å². The minimum atomic E-state index is -1.35. The van der Waals surface area contributed by atoms with Gasteiger partial charge in [0.25, 0.3) is 0 Å². The number of esters is 3. The number of halogens is 7. The molecule has 7 N–H and O–H groups in total. The summed E-state index contributed by atoms with van der Waals surface area (Å²) in [7, 11) is 0. The number of rotatable bonds is 27. The molecule has 0 bridgehead atoms. The Morgan fingerprint density at radius 3 is 1.16 bits per heavy atom. The Bertz CT molecular complexity index is 7220. The zero-order chi connectivity index (χ0) is 104. The number of nitrogens with zero attached hydrogens (tertiary/aromatic N) is 10. The Morgan fingerprint density at radius 2 is 0.759 bits per heavy atom. The molecule has 3 atom stereocenters. The number of imidazole rings is 5. The van der Waals surface area contributed by atoms with Gasteiger partial charge in [-0.2, -0.15) is 0 Å². The number of aromatic nitrogens is 10. The lowest BCUT2D eigenvalue weighted by atomic mass is 9.92. The number of carbonyl (C=O) groups is 8. The number of hydrogen-bond acceptors (Lipinski definition) is 18. The number of ether oxygens (including phenoxy) is 3. The highest BCUT2D eigenvalue weighted by atomic mass is 35.5. The van der Waals surface area contributed by atoms with Crippen LogP contribution >= 0.6 is 11.6 Å². The van der Waals surface area contributed by atoms with Gasteiger partial charge in [-0.25, -0.2) is 51.3 Å². The molecule has 1 unspecified atom stereocenters. The van der Waals surface area contributed by atoms with E-state index in [-0.39, 0.29) is 167 Å². The summed E-state index contributed by atoms with van der Waals surface area (Å²) in [6.45, 7) is 26.7. The van der Waals surface area contributed by atoms with Gasteiger partial charge >= 0.3 is 17.9 Å². The smallest absolute Gasteiger partial charge is 0.310 e. The molecule has 35 heteroatoms. The molecule has 14 aromatic rings. The molecule has 5 heterocycles.